The van der Waals surface area contributed by atoms with Crippen molar-refractivity contribution in [1.82, 2.24) is 15.1 Å². The fraction of sp³-hybridized carbons (Fsp3) is 0.577. The number of amides is 2. The minimum Gasteiger partial charge on any atom is -0.478 e. The molecule has 1 atom stereocenters. The molecule has 188 valence electrons. The molecule has 2 heterocycles. The Labute approximate surface area is 209 Å². The van der Waals surface area contributed by atoms with Crippen LogP contribution in [0.5, 0.6) is 0 Å². The van der Waals surface area contributed by atoms with Gasteiger partial charge in [0.1, 0.15) is 11.6 Å². The van der Waals surface area contributed by atoms with E-state index < -0.39 is 17.6 Å². The second-order valence-corrected chi connectivity index (χ2v) is 9.72. The molecule has 1 aromatic rings. The van der Waals surface area contributed by atoms with Crippen LogP contribution in [0.2, 0.25) is 0 Å². The number of nitrogens with one attached hydrogen (secondary N) is 1. The molecule has 2 saturated heterocycles. The number of nitrogens with zero attached hydrogens (tertiary/aromatic N) is 2. The molecule has 0 radical (unpaired) electrons. The number of halogens is 1. The number of hydrogen-bond acceptors (Lipinski definition) is 4. The van der Waals surface area contributed by atoms with Crippen molar-refractivity contribution in [2.75, 3.05) is 19.6 Å². The maximum Gasteiger partial charge on any atom is 0.328 e. The van der Waals surface area contributed by atoms with E-state index in [-0.39, 0.29) is 24.2 Å². The van der Waals surface area contributed by atoms with Crippen molar-refractivity contribution in [1.29, 1.82) is 0 Å². The molecule has 8 heteroatoms. The highest BCUT2D eigenvalue weighted by Gasteiger charge is 2.53. The zero-order valence-electron chi connectivity index (χ0n) is 20.5. The van der Waals surface area contributed by atoms with Crippen molar-refractivity contribution in [3.8, 4) is 0 Å². The van der Waals surface area contributed by atoms with Gasteiger partial charge in [-0.15, -0.1) is 12.4 Å². The standard InChI is InChI=1S/C26H37N3O4.ClH/c1-4-5-14-29-24(32)22(17-19(2)3)27-25(33)26(29)12-15-28(16-13-26)18-21-8-6-20(7-9-21)10-11-23(30)31;/h6-11,19,22H,4-5,12-18H2,1-3H3,(H,27,33)(H,30,31);1H/t22-;/m0./s1. The van der Waals surface area contributed by atoms with Crippen LogP contribution in [0.15, 0.2) is 30.3 Å². The first kappa shape index (κ1) is 27.9. The molecule has 2 fully saturated rings. The fourth-order valence-corrected chi connectivity index (χ4v) is 4.89. The van der Waals surface area contributed by atoms with Gasteiger partial charge in [0, 0.05) is 32.3 Å². The monoisotopic (exact) mass is 491 g/mol. The number of aliphatic carboxylic acids is 1. The molecule has 7 nitrogen and oxygen atoms in total. The zero-order valence-corrected chi connectivity index (χ0v) is 21.3. The fourth-order valence-electron chi connectivity index (χ4n) is 4.89. The van der Waals surface area contributed by atoms with Gasteiger partial charge in [-0.3, -0.25) is 14.5 Å². The van der Waals surface area contributed by atoms with Crippen molar-refractivity contribution in [3.63, 3.8) is 0 Å². The number of rotatable bonds is 9. The second-order valence-electron chi connectivity index (χ2n) is 9.72. The summed E-state index contributed by atoms with van der Waals surface area (Å²) in [6.07, 6.45) is 6.55. The summed E-state index contributed by atoms with van der Waals surface area (Å²) in [4.78, 5) is 41.6. The Morgan fingerprint density at radius 2 is 1.85 bits per heavy atom. The molecule has 3 rings (SSSR count). The van der Waals surface area contributed by atoms with E-state index >= 15 is 0 Å². The lowest BCUT2D eigenvalue weighted by molar-refractivity contribution is -0.161. The quantitative estimate of drug-likeness (QED) is 0.514. The number of hydrogen-bond donors (Lipinski definition) is 2. The van der Waals surface area contributed by atoms with Gasteiger partial charge in [-0.05, 0) is 48.8 Å². The smallest absolute Gasteiger partial charge is 0.328 e. The number of carboxylic acids is 1. The van der Waals surface area contributed by atoms with Gasteiger partial charge in [0.2, 0.25) is 11.8 Å². The van der Waals surface area contributed by atoms with Crippen LogP contribution in [0.3, 0.4) is 0 Å². The number of piperazine rings is 1. The Bertz CT molecular complexity index is 877. The van der Waals surface area contributed by atoms with Gasteiger partial charge >= 0.3 is 5.97 Å². The van der Waals surface area contributed by atoms with Crippen LogP contribution in [-0.2, 0) is 20.9 Å². The maximum absolute atomic E-state index is 13.3. The number of carbonyl (C=O) groups excluding carboxylic acids is 2. The van der Waals surface area contributed by atoms with Gasteiger partial charge in [0.15, 0.2) is 0 Å². The summed E-state index contributed by atoms with van der Waals surface area (Å²) in [6, 6.07) is 7.43. The van der Waals surface area contributed by atoms with Gasteiger partial charge in [-0.2, -0.15) is 0 Å². The van der Waals surface area contributed by atoms with Crippen molar-refractivity contribution in [2.24, 2.45) is 5.92 Å². The Morgan fingerprint density at radius 1 is 1.21 bits per heavy atom. The number of unbranched alkanes of at least 4 members (excludes halogenated alkanes) is 1. The highest BCUT2D eigenvalue weighted by molar-refractivity contribution is 6.00. The summed E-state index contributed by atoms with van der Waals surface area (Å²) < 4.78 is 0. The van der Waals surface area contributed by atoms with Crippen LogP contribution in [0.4, 0.5) is 0 Å². The van der Waals surface area contributed by atoms with Crippen molar-refractivity contribution in [3.05, 3.63) is 41.5 Å². The molecule has 34 heavy (non-hydrogen) atoms. The summed E-state index contributed by atoms with van der Waals surface area (Å²) in [5, 5.41) is 11.8. The Hall–Kier alpha value is -2.38. The van der Waals surface area contributed by atoms with Crippen LogP contribution in [0.25, 0.3) is 6.08 Å². The molecule has 0 unspecified atom stereocenters. The van der Waals surface area contributed by atoms with Crippen LogP contribution < -0.4 is 5.32 Å². The number of piperidine rings is 1. The van der Waals surface area contributed by atoms with E-state index in [2.05, 4.69) is 31.0 Å². The minimum absolute atomic E-state index is 0. The molecule has 2 aliphatic heterocycles. The second kappa shape index (κ2) is 12.4. The molecule has 2 amide bonds. The van der Waals surface area contributed by atoms with Gasteiger partial charge in [-0.1, -0.05) is 51.5 Å². The van der Waals surface area contributed by atoms with E-state index in [0.717, 1.165) is 49.7 Å². The van der Waals surface area contributed by atoms with Gasteiger partial charge in [0.05, 0.1) is 0 Å². The van der Waals surface area contributed by atoms with Crippen LogP contribution >= 0.6 is 12.4 Å². The third kappa shape index (κ3) is 6.60. The lowest BCUT2D eigenvalue weighted by Crippen LogP contribution is -2.73. The molecule has 0 saturated carbocycles. The van der Waals surface area contributed by atoms with E-state index in [1.807, 2.05) is 29.2 Å². The largest absolute Gasteiger partial charge is 0.478 e. The molecule has 2 aliphatic rings. The Kier molecular flexibility index (Phi) is 10.1. The zero-order chi connectivity index (χ0) is 24.0. The normalized spacial score (nSPS) is 20.6. The van der Waals surface area contributed by atoms with Gasteiger partial charge in [0.25, 0.3) is 0 Å². The Balaban J connectivity index is 0.00000408. The molecule has 0 bridgehead atoms. The molecule has 2 N–H and O–H groups in total. The third-order valence-corrected chi connectivity index (χ3v) is 6.74. The van der Waals surface area contributed by atoms with Gasteiger partial charge in [-0.25, -0.2) is 4.79 Å². The Morgan fingerprint density at radius 3 is 2.41 bits per heavy atom. The first-order valence-corrected chi connectivity index (χ1v) is 12.1. The van der Waals surface area contributed by atoms with Crippen molar-refractivity contribution in [2.45, 2.75) is 71.0 Å². The van der Waals surface area contributed by atoms with E-state index in [4.69, 9.17) is 5.11 Å². The highest BCUT2D eigenvalue weighted by atomic mass is 35.5. The molecular weight excluding hydrogens is 454 g/mol. The average Bonchev–Trinajstić information content (AvgIpc) is 2.78. The maximum atomic E-state index is 13.3. The predicted molar refractivity (Wildman–Crippen MR) is 136 cm³/mol. The summed E-state index contributed by atoms with van der Waals surface area (Å²) in [7, 11) is 0. The molecule has 0 aliphatic carbocycles. The summed E-state index contributed by atoms with van der Waals surface area (Å²) in [5.74, 6) is -0.530. The molecule has 1 aromatic carbocycles. The number of carboxylic acid groups (broad SMARTS) is 1. The minimum atomic E-state index is -0.963. The third-order valence-electron chi connectivity index (χ3n) is 6.74. The van der Waals surface area contributed by atoms with E-state index in [1.54, 1.807) is 6.08 Å². The van der Waals surface area contributed by atoms with Crippen molar-refractivity contribution < 1.29 is 19.5 Å². The van der Waals surface area contributed by atoms with Crippen LogP contribution in [-0.4, -0.2) is 63.9 Å². The SMILES string of the molecule is CCCCN1C(=O)[C@H](CC(C)C)NC(=O)C12CCN(Cc1ccc(C=CC(=O)O)cc1)CC2.Cl. The van der Waals surface area contributed by atoms with Gasteiger partial charge < -0.3 is 15.3 Å². The first-order valence-electron chi connectivity index (χ1n) is 12.1. The van der Waals surface area contributed by atoms with E-state index in [0.29, 0.717) is 31.7 Å². The predicted octanol–water partition coefficient (Wildman–Crippen LogP) is 3.71. The van der Waals surface area contributed by atoms with Crippen LogP contribution in [0, 0.1) is 5.92 Å². The lowest BCUT2D eigenvalue weighted by atomic mass is 9.80. The summed E-state index contributed by atoms with van der Waals surface area (Å²) in [6.45, 7) is 9.17. The average molecular weight is 492 g/mol. The highest BCUT2D eigenvalue weighted by Crippen LogP contribution is 2.34. The molecular formula is C26H38ClN3O4. The summed E-state index contributed by atoms with van der Waals surface area (Å²) >= 11 is 0. The topological polar surface area (TPSA) is 90.0 Å². The number of likely N-dealkylation sites (tertiary alicyclic amines) is 1. The molecule has 0 aromatic heterocycles. The van der Waals surface area contributed by atoms with Crippen molar-refractivity contribution >= 4 is 36.3 Å². The van der Waals surface area contributed by atoms with E-state index in [1.165, 1.54) is 0 Å². The summed E-state index contributed by atoms with van der Waals surface area (Å²) in [5.41, 5.74) is 1.25. The number of carbonyl (C=O) groups is 3. The molecule has 1 spiro atoms. The number of benzene rings is 1. The van der Waals surface area contributed by atoms with Crippen LogP contribution in [0.1, 0.15) is 64.0 Å². The lowest BCUT2D eigenvalue weighted by Gasteiger charge is -2.52. The first-order chi connectivity index (χ1) is 15.7. The van der Waals surface area contributed by atoms with E-state index in [9.17, 15) is 14.4 Å².